The summed E-state index contributed by atoms with van der Waals surface area (Å²) in [4.78, 5) is 32.4. The first-order valence-corrected chi connectivity index (χ1v) is 23.1. The van der Waals surface area contributed by atoms with Crippen molar-refractivity contribution in [2.75, 3.05) is 112 Å². The molecule has 0 aromatic heterocycles. The molecule has 0 bridgehead atoms. The van der Waals surface area contributed by atoms with Crippen LogP contribution in [-0.4, -0.2) is 157 Å². The van der Waals surface area contributed by atoms with Crippen LogP contribution in [0.25, 0.3) is 0 Å². The average Bonchev–Trinajstić information content (AvgIpc) is 3.19. The topological polar surface area (TPSA) is 176 Å². The minimum atomic E-state index is -1.28. The number of nitrogens with zero attached hydrogens (tertiary/aromatic N) is 2. The SMILES string of the molecule is C=CC[N+](CCCCCCCC/C=C/CCCCCCCC)(CC[N+](CC=C)(CC(C)OCCOCC(=O)[O-])CC(C)OCCOCC(=O)[O-])CC(C)OCCOCC(=O)[O-].[K+]. The number of ether oxygens (including phenoxy) is 6. The maximum absolute atomic E-state index is 10.8. The molecular formula is C47H85KN2O12. The molecule has 14 nitrogen and oxygen atoms in total. The van der Waals surface area contributed by atoms with Crippen LogP contribution in [0.1, 0.15) is 118 Å². The molecule has 0 aromatic carbocycles. The number of carboxylic acids is 3. The molecule has 0 fully saturated rings. The Labute approximate surface area is 418 Å². The average molecular weight is 909 g/mol. The monoisotopic (exact) mass is 909 g/mol. The number of unbranched alkanes of at least 4 members (excludes halogenated alkanes) is 12. The predicted molar refractivity (Wildman–Crippen MR) is 233 cm³/mol. The summed E-state index contributed by atoms with van der Waals surface area (Å²) in [7, 11) is 0. The van der Waals surface area contributed by atoms with E-state index in [1.54, 1.807) is 0 Å². The summed E-state index contributed by atoms with van der Waals surface area (Å²) in [6, 6.07) is 0. The van der Waals surface area contributed by atoms with Gasteiger partial charge in [0.1, 0.15) is 51.0 Å². The molecule has 0 rings (SSSR count). The number of rotatable bonds is 47. The Hall–Kier alpha value is -1.05. The second-order valence-electron chi connectivity index (χ2n) is 16.6. The van der Waals surface area contributed by atoms with Gasteiger partial charge in [-0.2, -0.15) is 0 Å². The zero-order chi connectivity index (χ0) is 45.5. The number of carboxylic acid groups (broad SMARTS) is 3. The van der Waals surface area contributed by atoms with Crippen molar-refractivity contribution in [3.05, 3.63) is 37.5 Å². The molecule has 0 spiro atoms. The van der Waals surface area contributed by atoms with Gasteiger partial charge in [0.15, 0.2) is 0 Å². The van der Waals surface area contributed by atoms with Crippen molar-refractivity contribution in [1.82, 2.24) is 0 Å². The Morgan fingerprint density at radius 2 is 0.839 bits per heavy atom. The molecule has 0 aromatic rings. The second kappa shape index (κ2) is 42.6. The van der Waals surface area contributed by atoms with E-state index in [9.17, 15) is 29.7 Å². The van der Waals surface area contributed by atoms with Crippen LogP contribution in [0.4, 0.5) is 0 Å². The van der Waals surface area contributed by atoms with Crippen LogP contribution in [0, 0.1) is 0 Å². The van der Waals surface area contributed by atoms with Gasteiger partial charge < -0.3 is 67.1 Å². The van der Waals surface area contributed by atoms with Gasteiger partial charge in [0.25, 0.3) is 0 Å². The number of hydrogen-bond donors (Lipinski definition) is 0. The number of quaternary nitrogens is 2. The molecule has 4 atom stereocenters. The van der Waals surface area contributed by atoms with E-state index in [2.05, 4.69) is 32.2 Å². The maximum atomic E-state index is 10.8. The van der Waals surface area contributed by atoms with Gasteiger partial charge in [0.2, 0.25) is 0 Å². The minimum absolute atomic E-state index is 0. The molecular weight excluding hydrogens is 824 g/mol. The van der Waals surface area contributed by atoms with E-state index >= 15 is 0 Å². The summed E-state index contributed by atoms with van der Waals surface area (Å²) < 4.78 is 35.2. The van der Waals surface area contributed by atoms with Crippen LogP contribution in [0.15, 0.2) is 37.5 Å². The smallest absolute Gasteiger partial charge is 0.548 e. The maximum Gasteiger partial charge on any atom is 1.00 e. The first-order chi connectivity index (χ1) is 29.3. The van der Waals surface area contributed by atoms with Crippen LogP contribution >= 0.6 is 0 Å². The van der Waals surface area contributed by atoms with Crippen LogP contribution in [-0.2, 0) is 42.8 Å². The molecule has 0 aliphatic rings. The Morgan fingerprint density at radius 3 is 1.23 bits per heavy atom. The quantitative estimate of drug-likeness (QED) is 0.0360. The summed E-state index contributed by atoms with van der Waals surface area (Å²) in [5.74, 6) is -3.83. The summed E-state index contributed by atoms with van der Waals surface area (Å²) in [6.45, 7) is 22.0. The number of carbonyl (C=O) groups excluding carboxylic acids is 3. The molecule has 0 aliphatic carbocycles. The molecule has 0 saturated heterocycles. The largest absolute Gasteiger partial charge is 1.00 e. The van der Waals surface area contributed by atoms with E-state index in [0.29, 0.717) is 24.1 Å². The molecule has 0 amide bonds. The van der Waals surface area contributed by atoms with Crippen molar-refractivity contribution in [2.45, 2.75) is 136 Å². The van der Waals surface area contributed by atoms with E-state index in [-0.39, 0.29) is 109 Å². The van der Waals surface area contributed by atoms with Crippen LogP contribution in [0.3, 0.4) is 0 Å². The number of carbonyl (C=O) groups is 3. The molecule has 0 N–H and O–H groups in total. The molecule has 0 aliphatic heterocycles. The van der Waals surface area contributed by atoms with Crippen LogP contribution < -0.4 is 66.7 Å². The number of hydrogen-bond acceptors (Lipinski definition) is 12. The van der Waals surface area contributed by atoms with Crippen LogP contribution in [0.5, 0.6) is 0 Å². The molecule has 4 unspecified atom stereocenters. The summed E-state index contributed by atoms with van der Waals surface area (Å²) >= 11 is 0. The van der Waals surface area contributed by atoms with E-state index in [0.717, 1.165) is 56.5 Å². The first kappa shape index (κ1) is 63.0. The summed E-state index contributed by atoms with van der Waals surface area (Å²) in [6.07, 6.45) is 25.4. The standard InChI is InChI=1S/C47H86N2O12.K/c1-7-10-11-12-13-14-15-16-17-18-19-20-21-22-23-24-27-48(25-8-2,36-42(4)59-33-30-56-39-45(50)51)28-29-49(26-9-3,37-43(5)60-34-31-57-40-46(52)53)38-44(6)61-35-32-58-41-47(54)55;/h8-9,16-17,42-44H,2-3,7,10-15,18-41H2,1,4-6H3,(H-2,50,51,52,53,54,55);/q;+1/p-1/b17-16+;. The van der Waals surface area contributed by atoms with E-state index < -0.39 is 37.7 Å². The fraction of sp³-hybridized carbons (Fsp3) is 0.809. The molecule has 15 heteroatoms. The first-order valence-electron chi connectivity index (χ1n) is 23.1. The second-order valence-corrected chi connectivity index (χ2v) is 16.6. The Balaban J connectivity index is 0. The minimum Gasteiger partial charge on any atom is -0.548 e. The van der Waals surface area contributed by atoms with Crippen molar-refractivity contribution in [3.63, 3.8) is 0 Å². The van der Waals surface area contributed by atoms with Crippen molar-refractivity contribution in [2.24, 2.45) is 0 Å². The van der Waals surface area contributed by atoms with Gasteiger partial charge in [-0.25, -0.2) is 0 Å². The van der Waals surface area contributed by atoms with Crippen molar-refractivity contribution in [3.8, 4) is 0 Å². The molecule has 62 heavy (non-hydrogen) atoms. The Bertz CT molecular complexity index is 1130. The third-order valence-electron chi connectivity index (χ3n) is 10.7. The molecule has 0 radical (unpaired) electrons. The molecule has 356 valence electrons. The summed E-state index contributed by atoms with van der Waals surface area (Å²) in [5, 5.41) is 32.4. The van der Waals surface area contributed by atoms with Gasteiger partial charge in [-0.05, 0) is 71.4 Å². The van der Waals surface area contributed by atoms with E-state index in [1.807, 2.05) is 32.9 Å². The van der Waals surface area contributed by atoms with E-state index in [1.165, 1.54) is 70.6 Å². The van der Waals surface area contributed by atoms with Gasteiger partial charge in [-0.3, -0.25) is 0 Å². The zero-order valence-electron chi connectivity index (χ0n) is 39.7. The predicted octanol–water partition coefficient (Wildman–Crippen LogP) is 0.548. The molecule has 0 heterocycles. The van der Waals surface area contributed by atoms with Gasteiger partial charge in [-0.1, -0.05) is 83.6 Å². The van der Waals surface area contributed by atoms with Crippen molar-refractivity contribution < 1.29 is 118 Å². The van der Waals surface area contributed by atoms with Gasteiger partial charge in [0, 0.05) is 0 Å². The third kappa shape index (κ3) is 38.2. The van der Waals surface area contributed by atoms with Crippen molar-refractivity contribution >= 4 is 17.9 Å². The van der Waals surface area contributed by atoms with Crippen LogP contribution in [0.2, 0.25) is 0 Å². The summed E-state index contributed by atoms with van der Waals surface area (Å²) in [5.41, 5.74) is 0. The molecule has 0 saturated carbocycles. The normalized spacial score (nSPS) is 15.0. The van der Waals surface area contributed by atoms with Gasteiger partial charge >= 0.3 is 51.4 Å². The Morgan fingerprint density at radius 1 is 0.500 bits per heavy atom. The number of aliphatic carboxylic acids is 3. The fourth-order valence-electron chi connectivity index (χ4n) is 7.90. The van der Waals surface area contributed by atoms with Gasteiger partial charge in [-0.15, -0.1) is 0 Å². The van der Waals surface area contributed by atoms with Gasteiger partial charge in [0.05, 0.1) is 97.0 Å². The number of allylic oxidation sites excluding steroid dienone is 2. The third-order valence-corrected chi connectivity index (χ3v) is 10.7. The fourth-order valence-corrected chi connectivity index (χ4v) is 7.90. The van der Waals surface area contributed by atoms with E-state index in [4.69, 9.17) is 28.4 Å². The Kier molecular flexibility index (Phi) is 43.3. The van der Waals surface area contributed by atoms with Crippen molar-refractivity contribution in [1.29, 1.82) is 0 Å². The zero-order valence-corrected chi connectivity index (χ0v) is 42.8.